The highest BCUT2D eigenvalue weighted by molar-refractivity contribution is 5.89. The molecule has 11 nitrogen and oxygen atoms in total. The fraction of sp³-hybridized carbons (Fsp3) is 0.227. The lowest BCUT2D eigenvalue weighted by Crippen LogP contribution is -2.05. The first kappa shape index (κ1) is 21.8. The Kier molecular flexibility index (Phi) is 6.48. The van der Waals surface area contributed by atoms with Crippen molar-refractivity contribution < 1.29 is 32.8 Å². The van der Waals surface area contributed by atoms with E-state index in [1.165, 1.54) is 7.11 Å². The zero-order valence-corrected chi connectivity index (χ0v) is 18.1. The van der Waals surface area contributed by atoms with Crippen LogP contribution in [0.15, 0.2) is 51.5 Å². The van der Waals surface area contributed by atoms with E-state index in [9.17, 15) is 4.79 Å². The Morgan fingerprint density at radius 1 is 0.909 bits per heavy atom. The first-order chi connectivity index (χ1) is 16.1. The smallest absolute Gasteiger partial charge is 0.338 e. The van der Waals surface area contributed by atoms with Crippen molar-refractivity contribution in [2.24, 2.45) is 0 Å². The molecule has 4 rings (SSSR count). The third kappa shape index (κ3) is 5.26. The number of hydrogen-bond acceptors (Lipinski definition) is 11. The molecule has 170 valence electrons. The molecular formula is C22H20N4O7. The molecule has 2 aromatic carbocycles. The van der Waals surface area contributed by atoms with E-state index in [1.54, 1.807) is 56.5 Å². The third-order valence-corrected chi connectivity index (χ3v) is 4.47. The minimum atomic E-state index is -0.544. The number of aromatic nitrogens is 4. The second kappa shape index (κ2) is 9.81. The van der Waals surface area contributed by atoms with Gasteiger partial charge in [0.1, 0.15) is 17.2 Å². The van der Waals surface area contributed by atoms with Crippen molar-refractivity contribution in [2.45, 2.75) is 20.1 Å². The number of nitrogens with zero attached hydrogens (tertiary/aromatic N) is 4. The standard InChI is InChI=1S/C22H20N4O7/c1-13-23-19(25-32-13)11-30-15-6-4-14(5-7-15)22(27)31-12-20-24-21(26-33-20)17-9-8-16(28-2)10-18(17)29-3/h4-10H,11-12H2,1-3H3. The second-order valence-corrected chi connectivity index (χ2v) is 6.70. The summed E-state index contributed by atoms with van der Waals surface area (Å²) < 4.78 is 31.4. The van der Waals surface area contributed by atoms with Gasteiger partial charge in [-0.3, -0.25) is 0 Å². The Morgan fingerprint density at radius 2 is 1.70 bits per heavy atom. The number of hydrogen-bond donors (Lipinski definition) is 0. The SMILES string of the molecule is COc1ccc(-c2noc(COC(=O)c3ccc(OCc4noc(C)n4)cc3)n2)c(OC)c1. The van der Waals surface area contributed by atoms with Crippen molar-refractivity contribution in [2.75, 3.05) is 14.2 Å². The molecule has 0 unspecified atom stereocenters. The van der Waals surface area contributed by atoms with Crippen molar-refractivity contribution in [1.82, 2.24) is 20.3 Å². The number of carbonyl (C=O) groups excluding carboxylic acids is 1. The first-order valence-corrected chi connectivity index (χ1v) is 9.80. The van der Waals surface area contributed by atoms with Gasteiger partial charge in [-0.1, -0.05) is 10.3 Å². The van der Waals surface area contributed by atoms with Gasteiger partial charge in [0.25, 0.3) is 5.89 Å². The lowest BCUT2D eigenvalue weighted by Gasteiger charge is -2.07. The highest BCUT2D eigenvalue weighted by Crippen LogP contribution is 2.31. The van der Waals surface area contributed by atoms with Gasteiger partial charge in [-0.15, -0.1) is 0 Å². The Morgan fingerprint density at radius 3 is 2.39 bits per heavy atom. The van der Waals surface area contributed by atoms with Gasteiger partial charge in [-0.2, -0.15) is 9.97 Å². The van der Waals surface area contributed by atoms with Crippen LogP contribution in [0.3, 0.4) is 0 Å². The molecule has 4 aromatic rings. The summed E-state index contributed by atoms with van der Waals surface area (Å²) in [4.78, 5) is 20.7. The van der Waals surface area contributed by atoms with Gasteiger partial charge in [0.2, 0.25) is 17.5 Å². The molecule has 0 saturated heterocycles. The van der Waals surface area contributed by atoms with Crippen molar-refractivity contribution in [3.05, 3.63) is 65.6 Å². The number of benzene rings is 2. The largest absolute Gasteiger partial charge is 0.497 e. The highest BCUT2D eigenvalue weighted by Gasteiger charge is 2.16. The van der Waals surface area contributed by atoms with Gasteiger partial charge in [0.05, 0.1) is 25.3 Å². The van der Waals surface area contributed by atoms with Crippen molar-refractivity contribution >= 4 is 5.97 Å². The molecule has 2 heterocycles. The molecule has 0 aliphatic rings. The van der Waals surface area contributed by atoms with Gasteiger partial charge in [0, 0.05) is 13.0 Å². The summed E-state index contributed by atoms with van der Waals surface area (Å²) in [6.45, 7) is 1.67. The molecule has 11 heteroatoms. The maximum absolute atomic E-state index is 12.3. The average Bonchev–Trinajstić information content (AvgIpc) is 3.50. The number of rotatable bonds is 9. The first-order valence-electron chi connectivity index (χ1n) is 9.80. The van der Waals surface area contributed by atoms with E-state index in [0.717, 1.165) is 0 Å². The zero-order chi connectivity index (χ0) is 23.2. The van der Waals surface area contributed by atoms with E-state index >= 15 is 0 Å². The quantitative estimate of drug-likeness (QED) is 0.346. The van der Waals surface area contributed by atoms with Gasteiger partial charge in [-0.05, 0) is 36.4 Å². The Hall–Kier alpha value is -4.41. The molecule has 0 bridgehead atoms. The maximum Gasteiger partial charge on any atom is 0.338 e. The van der Waals surface area contributed by atoms with E-state index < -0.39 is 5.97 Å². The molecule has 0 aliphatic carbocycles. The lowest BCUT2D eigenvalue weighted by molar-refractivity contribution is 0.0429. The normalized spacial score (nSPS) is 10.6. The van der Waals surface area contributed by atoms with Crippen LogP contribution in [0.5, 0.6) is 17.2 Å². The molecule has 0 aliphatic heterocycles. The number of methoxy groups -OCH3 is 2. The molecule has 33 heavy (non-hydrogen) atoms. The van der Waals surface area contributed by atoms with E-state index in [2.05, 4.69) is 20.3 Å². The number of ether oxygens (including phenoxy) is 4. The molecule has 0 N–H and O–H groups in total. The topological polar surface area (TPSA) is 132 Å². The summed E-state index contributed by atoms with van der Waals surface area (Å²) >= 11 is 0. The summed E-state index contributed by atoms with van der Waals surface area (Å²) in [5.74, 6) is 2.50. The summed E-state index contributed by atoms with van der Waals surface area (Å²) in [6, 6.07) is 11.7. The molecular weight excluding hydrogens is 432 g/mol. The number of esters is 1. The van der Waals surface area contributed by atoms with Crippen molar-refractivity contribution in [3.63, 3.8) is 0 Å². The van der Waals surface area contributed by atoms with Crippen LogP contribution in [0.25, 0.3) is 11.4 Å². The molecule has 0 fully saturated rings. The van der Waals surface area contributed by atoms with Gasteiger partial charge in [0.15, 0.2) is 13.2 Å². The zero-order valence-electron chi connectivity index (χ0n) is 18.1. The molecule has 0 amide bonds. The van der Waals surface area contributed by atoms with Crippen LogP contribution in [-0.4, -0.2) is 40.5 Å². The summed E-state index contributed by atoms with van der Waals surface area (Å²) in [5, 5.41) is 7.68. The molecule has 0 spiro atoms. The fourth-order valence-corrected chi connectivity index (χ4v) is 2.85. The lowest BCUT2D eigenvalue weighted by atomic mass is 10.2. The third-order valence-electron chi connectivity index (χ3n) is 4.47. The minimum Gasteiger partial charge on any atom is -0.497 e. The maximum atomic E-state index is 12.3. The van der Waals surface area contributed by atoms with Crippen LogP contribution in [-0.2, 0) is 18.0 Å². The number of aryl methyl sites for hydroxylation is 1. The van der Waals surface area contributed by atoms with E-state index in [0.29, 0.717) is 45.9 Å². The average molecular weight is 452 g/mol. The van der Waals surface area contributed by atoms with Gasteiger partial charge < -0.3 is 28.0 Å². The minimum absolute atomic E-state index is 0.145. The van der Waals surface area contributed by atoms with Crippen LogP contribution in [0.2, 0.25) is 0 Å². The Bertz CT molecular complexity index is 1230. The van der Waals surface area contributed by atoms with Crippen LogP contribution in [0.4, 0.5) is 0 Å². The molecule has 2 aromatic heterocycles. The van der Waals surface area contributed by atoms with Crippen LogP contribution < -0.4 is 14.2 Å². The van der Waals surface area contributed by atoms with Crippen molar-refractivity contribution in [3.8, 4) is 28.6 Å². The van der Waals surface area contributed by atoms with Gasteiger partial charge in [-0.25, -0.2) is 4.79 Å². The van der Waals surface area contributed by atoms with Crippen LogP contribution in [0.1, 0.15) is 28.0 Å². The fourth-order valence-electron chi connectivity index (χ4n) is 2.85. The van der Waals surface area contributed by atoms with E-state index in [1.807, 2.05) is 0 Å². The predicted molar refractivity (Wildman–Crippen MR) is 112 cm³/mol. The monoisotopic (exact) mass is 452 g/mol. The number of carbonyl (C=O) groups is 1. The van der Waals surface area contributed by atoms with Crippen LogP contribution >= 0.6 is 0 Å². The van der Waals surface area contributed by atoms with Crippen LogP contribution in [0, 0.1) is 6.92 Å². The van der Waals surface area contributed by atoms with E-state index in [-0.39, 0.29) is 19.1 Å². The predicted octanol–water partition coefficient (Wildman–Crippen LogP) is 3.38. The van der Waals surface area contributed by atoms with Crippen molar-refractivity contribution in [1.29, 1.82) is 0 Å². The summed E-state index contributed by atoms with van der Waals surface area (Å²) in [7, 11) is 3.09. The summed E-state index contributed by atoms with van der Waals surface area (Å²) in [5.41, 5.74) is 0.959. The Balaban J connectivity index is 1.33. The Labute approximate surface area is 188 Å². The molecule has 0 saturated carbocycles. The second-order valence-electron chi connectivity index (χ2n) is 6.70. The highest BCUT2D eigenvalue weighted by atomic mass is 16.6. The molecule has 0 radical (unpaired) electrons. The van der Waals surface area contributed by atoms with Gasteiger partial charge >= 0.3 is 5.97 Å². The summed E-state index contributed by atoms with van der Waals surface area (Å²) in [6.07, 6.45) is 0. The van der Waals surface area contributed by atoms with E-state index in [4.69, 9.17) is 28.0 Å². The molecule has 0 atom stereocenters.